The maximum Gasteiger partial charge on any atom is 0.144 e. The Balaban J connectivity index is 1.51. The van der Waals surface area contributed by atoms with Crippen molar-refractivity contribution in [3.63, 3.8) is 0 Å². The van der Waals surface area contributed by atoms with Gasteiger partial charge in [0.15, 0.2) is 0 Å². The van der Waals surface area contributed by atoms with Crippen LogP contribution in [0.4, 0.5) is 0 Å². The summed E-state index contributed by atoms with van der Waals surface area (Å²) in [4.78, 5) is 4.47. The molecule has 35 heavy (non-hydrogen) atoms. The van der Waals surface area contributed by atoms with Gasteiger partial charge in [0.05, 0.1) is 0 Å². The van der Waals surface area contributed by atoms with Gasteiger partial charge in [-0.25, -0.2) is 0 Å². The minimum Gasteiger partial charge on any atom is -0.349 e. The number of nitrogens with zero attached hydrogens (tertiary/aromatic N) is 2. The summed E-state index contributed by atoms with van der Waals surface area (Å²) in [5.41, 5.74) is 4.90. The molecule has 2 nitrogen and oxygen atoms in total. The summed E-state index contributed by atoms with van der Waals surface area (Å²) in [6, 6.07) is 41.8. The molecule has 0 fully saturated rings. The van der Waals surface area contributed by atoms with Crippen molar-refractivity contribution in [1.82, 2.24) is 9.80 Å². The number of benzene rings is 4. The van der Waals surface area contributed by atoms with Gasteiger partial charge in [-0.2, -0.15) is 0 Å². The highest BCUT2D eigenvalue weighted by atomic mass is 32.2. The lowest BCUT2D eigenvalue weighted by atomic mass is 10.2. The van der Waals surface area contributed by atoms with Gasteiger partial charge in [-0.05, 0) is 34.0 Å². The first kappa shape index (κ1) is 25.1. The van der Waals surface area contributed by atoms with Gasteiger partial charge in [-0.15, -0.1) is 0 Å². The van der Waals surface area contributed by atoms with Crippen LogP contribution in [0, 0.1) is 0 Å². The Kier molecular flexibility index (Phi) is 9.47. The summed E-state index contributed by atoms with van der Waals surface area (Å²) in [5, 5.41) is 0. The monoisotopic (exact) mass is 512 g/mol. The second kappa shape index (κ2) is 13.2. The van der Waals surface area contributed by atoms with Crippen LogP contribution in [0.1, 0.15) is 22.3 Å². The molecule has 0 aromatic heterocycles. The average molecular weight is 513 g/mol. The zero-order valence-electron chi connectivity index (χ0n) is 19.5. The SMILES string of the molecule is S=C(SC(=S)N(Cc1ccccc1)Cc1ccccc1)N(Cc1ccccc1)Cc1ccccc1. The van der Waals surface area contributed by atoms with Crippen LogP contribution in [0.2, 0.25) is 0 Å². The summed E-state index contributed by atoms with van der Waals surface area (Å²) in [7, 11) is 0. The van der Waals surface area contributed by atoms with Crippen LogP contribution in [-0.2, 0) is 26.2 Å². The molecule has 0 aliphatic carbocycles. The van der Waals surface area contributed by atoms with Gasteiger partial charge in [0, 0.05) is 26.2 Å². The third-order valence-corrected chi connectivity index (χ3v) is 7.44. The Morgan fingerprint density at radius 1 is 0.429 bits per heavy atom. The molecule has 4 rings (SSSR count). The van der Waals surface area contributed by atoms with Gasteiger partial charge >= 0.3 is 0 Å². The van der Waals surface area contributed by atoms with E-state index in [0.29, 0.717) is 0 Å². The van der Waals surface area contributed by atoms with Gasteiger partial charge in [0.1, 0.15) is 8.64 Å². The Morgan fingerprint density at radius 2 is 0.657 bits per heavy atom. The predicted octanol–water partition coefficient (Wildman–Crippen LogP) is 7.69. The van der Waals surface area contributed by atoms with Crippen LogP contribution in [0.5, 0.6) is 0 Å². The second-order valence-corrected chi connectivity index (χ2v) is 10.6. The molecule has 0 heterocycles. The molecule has 0 N–H and O–H groups in total. The third kappa shape index (κ3) is 8.03. The van der Waals surface area contributed by atoms with E-state index in [-0.39, 0.29) is 0 Å². The Labute approximate surface area is 223 Å². The van der Waals surface area contributed by atoms with E-state index >= 15 is 0 Å². The van der Waals surface area contributed by atoms with Crippen molar-refractivity contribution < 1.29 is 0 Å². The molecule has 0 amide bonds. The molecular weight excluding hydrogens is 485 g/mol. The molecule has 4 aromatic carbocycles. The summed E-state index contributed by atoms with van der Waals surface area (Å²) in [6.07, 6.45) is 0. The number of thioether (sulfide) groups is 1. The van der Waals surface area contributed by atoms with Crippen LogP contribution in [0.3, 0.4) is 0 Å². The molecular formula is C30H28N2S3. The molecule has 0 aliphatic heterocycles. The molecule has 0 saturated heterocycles. The van der Waals surface area contributed by atoms with Gasteiger partial charge < -0.3 is 9.80 Å². The van der Waals surface area contributed by atoms with Gasteiger partial charge in [0.2, 0.25) is 0 Å². The second-order valence-electron chi connectivity index (χ2n) is 8.29. The quantitative estimate of drug-likeness (QED) is 0.223. The van der Waals surface area contributed by atoms with Gasteiger partial charge in [-0.1, -0.05) is 146 Å². The fourth-order valence-corrected chi connectivity index (χ4v) is 5.34. The summed E-state index contributed by atoms with van der Waals surface area (Å²) < 4.78 is 1.57. The van der Waals surface area contributed by atoms with E-state index in [1.54, 1.807) is 0 Å². The number of rotatable bonds is 8. The molecule has 5 heteroatoms. The maximum absolute atomic E-state index is 5.97. The molecule has 0 saturated carbocycles. The van der Waals surface area contributed by atoms with Gasteiger partial charge in [-0.3, -0.25) is 0 Å². The molecule has 0 atom stereocenters. The fraction of sp³-hybridized carbons (Fsp3) is 0.133. The minimum atomic E-state index is 0.738. The van der Waals surface area contributed by atoms with Crippen molar-refractivity contribution in [2.24, 2.45) is 0 Å². The van der Waals surface area contributed by atoms with E-state index in [9.17, 15) is 0 Å². The third-order valence-electron chi connectivity index (χ3n) is 5.56. The van der Waals surface area contributed by atoms with E-state index < -0.39 is 0 Å². The first-order valence-electron chi connectivity index (χ1n) is 11.6. The lowest BCUT2D eigenvalue weighted by Gasteiger charge is -2.29. The van der Waals surface area contributed by atoms with Crippen molar-refractivity contribution in [1.29, 1.82) is 0 Å². The highest BCUT2D eigenvalue weighted by Gasteiger charge is 2.18. The van der Waals surface area contributed by atoms with Crippen molar-refractivity contribution in [3.05, 3.63) is 144 Å². The zero-order valence-corrected chi connectivity index (χ0v) is 21.9. The highest BCUT2D eigenvalue weighted by Crippen LogP contribution is 2.23. The highest BCUT2D eigenvalue weighted by molar-refractivity contribution is 8.37. The van der Waals surface area contributed by atoms with Crippen LogP contribution < -0.4 is 0 Å². The molecule has 0 bridgehead atoms. The summed E-state index contributed by atoms with van der Waals surface area (Å²) in [5.74, 6) is 0. The number of hydrogen-bond donors (Lipinski definition) is 0. The fourth-order valence-electron chi connectivity index (χ4n) is 3.79. The maximum atomic E-state index is 5.97. The van der Waals surface area contributed by atoms with Crippen LogP contribution in [0.25, 0.3) is 0 Å². The van der Waals surface area contributed by atoms with Crippen molar-refractivity contribution in [2.75, 3.05) is 0 Å². The largest absolute Gasteiger partial charge is 0.349 e. The number of thiocarbonyl (C=S) groups is 2. The summed E-state index contributed by atoms with van der Waals surface area (Å²) in [6.45, 7) is 2.95. The minimum absolute atomic E-state index is 0.738. The smallest absolute Gasteiger partial charge is 0.144 e. The zero-order chi connectivity index (χ0) is 24.3. The molecule has 176 valence electrons. The lowest BCUT2D eigenvalue weighted by molar-refractivity contribution is 0.418. The Hall–Kier alpha value is -2.99. The topological polar surface area (TPSA) is 6.48 Å². The molecule has 0 spiro atoms. The Bertz CT molecular complexity index is 1020. The van der Waals surface area contributed by atoms with E-state index in [0.717, 1.165) is 34.8 Å². The van der Waals surface area contributed by atoms with Crippen molar-refractivity contribution in [2.45, 2.75) is 26.2 Å². The lowest BCUT2D eigenvalue weighted by Crippen LogP contribution is -2.32. The summed E-state index contributed by atoms with van der Waals surface area (Å²) >= 11 is 13.5. The molecule has 4 aromatic rings. The van der Waals surface area contributed by atoms with Crippen LogP contribution in [0.15, 0.2) is 121 Å². The van der Waals surface area contributed by atoms with Crippen molar-refractivity contribution in [3.8, 4) is 0 Å². The molecule has 0 radical (unpaired) electrons. The van der Waals surface area contributed by atoms with Crippen molar-refractivity contribution >= 4 is 44.8 Å². The number of hydrogen-bond acceptors (Lipinski definition) is 3. The first-order valence-corrected chi connectivity index (χ1v) is 13.2. The van der Waals surface area contributed by atoms with E-state index in [2.05, 4.69) is 107 Å². The molecule has 0 unspecified atom stereocenters. The van der Waals surface area contributed by atoms with Crippen LogP contribution in [-0.4, -0.2) is 18.4 Å². The van der Waals surface area contributed by atoms with Gasteiger partial charge in [0.25, 0.3) is 0 Å². The Morgan fingerprint density at radius 3 is 0.886 bits per heavy atom. The predicted molar refractivity (Wildman–Crippen MR) is 157 cm³/mol. The van der Waals surface area contributed by atoms with E-state index in [4.69, 9.17) is 24.4 Å². The standard InChI is InChI=1S/C30H28N2S3/c33-29(31(21-25-13-5-1-6-14-25)22-26-15-7-2-8-16-26)35-30(34)32(23-27-17-9-3-10-18-27)24-28-19-11-4-12-20-28/h1-20H,21-24H2. The van der Waals surface area contributed by atoms with E-state index in [1.807, 2.05) is 24.3 Å². The average Bonchev–Trinajstić information content (AvgIpc) is 2.90. The van der Waals surface area contributed by atoms with Crippen LogP contribution >= 0.6 is 36.2 Å². The molecule has 0 aliphatic rings. The van der Waals surface area contributed by atoms with E-state index in [1.165, 1.54) is 34.0 Å². The normalized spacial score (nSPS) is 10.5. The first-order chi connectivity index (χ1) is 17.2.